The molecular weight excluding hydrogens is 589 g/mol. The zero-order valence-corrected chi connectivity index (χ0v) is 28.3. The minimum Gasteiger partial charge on any atom is -0.259 e. The molecule has 7 heteroatoms. The summed E-state index contributed by atoms with van der Waals surface area (Å²) in [5, 5.41) is 5.34. The summed E-state index contributed by atoms with van der Waals surface area (Å²) in [5.41, 5.74) is 5.22. The highest BCUT2D eigenvalue weighted by Gasteiger charge is 2.29. The summed E-state index contributed by atoms with van der Waals surface area (Å²) in [6, 6.07) is 26.2. The van der Waals surface area contributed by atoms with Crippen LogP contribution in [-0.2, 0) is 25.7 Å². The summed E-state index contributed by atoms with van der Waals surface area (Å²) in [6.07, 6.45) is 3.70. The van der Waals surface area contributed by atoms with Crippen molar-refractivity contribution in [2.45, 2.75) is 73.0 Å². The molecular formula is C32H37NP2S4. The van der Waals surface area contributed by atoms with Crippen LogP contribution in [0.2, 0.25) is 0 Å². The molecule has 0 heterocycles. The van der Waals surface area contributed by atoms with Gasteiger partial charge in [0.05, 0.1) is 0 Å². The van der Waals surface area contributed by atoms with Crippen molar-refractivity contribution in [3.63, 3.8) is 0 Å². The average Bonchev–Trinajstić information content (AvgIpc) is 2.93. The Kier molecular flexibility index (Phi) is 11.4. The molecule has 204 valence electrons. The van der Waals surface area contributed by atoms with E-state index in [9.17, 15) is 0 Å². The average molecular weight is 626 g/mol. The minimum atomic E-state index is -0.946. The van der Waals surface area contributed by atoms with Gasteiger partial charge < -0.3 is 0 Å². The van der Waals surface area contributed by atoms with Crippen molar-refractivity contribution in [1.82, 2.24) is 4.86 Å². The van der Waals surface area contributed by atoms with Gasteiger partial charge in [0.2, 0.25) is 0 Å². The van der Waals surface area contributed by atoms with Crippen LogP contribution in [0.5, 0.6) is 0 Å². The molecule has 0 spiro atoms. The van der Waals surface area contributed by atoms with Gasteiger partial charge in [-0.15, -0.1) is 50.5 Å². The Labute approximate surface area is 259 Å². The molecule has 39 heavy (non-hydrogen) atoms. The van der Waals surface area contributed by atoms with Gasteiger partial charge in [-0.1, -0.05) is 76.2 Å². The minimum absolute atomic E-state index is 0.925. The molecule has 0 radical (unpaired) electrons. The standard InChI is InChI=1S/C32H37NP2S4/c1-5-21-25(13-9-17-29(21)36)34(26-14-10-18-30(37)22(26)6-2)33-35(27-15-11-19-31(38)23(27)7-3)28-16-12-20-32(39)24(28)8-4/h9-20,33,36-39H,5-8H2,1-4H3. The van der Waals surface area contributed by atoms with Crippen LogP contribution in [0.25, 0.3) is 0 Å². The lowest BCUT2D eigenvalue weighted by Gasteiger charge is -2.32. The molecule has 0 aliphatic heterocycles. The van der Waals surface area contributed by atoms with E-state index in [0.717, 1.165) is 45.3 Å². The van der Waals surface area contributed by atoms with Crippen LogP contribution in [0.1, 0.15) is 49.9 Å². The summed E-state index contributed by atoms with van der Waals surface area (Å²) in [7, 11) is -1.89. The largest absolute Gasteiger partial charge is 0.259 e. The van der Waals surface area contributed by atoms with Gasteiger partial charge in [-0.25, -0.2) is 0 Å². The van der Waals surface area contributed by atoms with Crippen LogP contribution in [0.3, 0.4) is 0 Å². The third-order valence-electron chi connectivity index (χ3n) is 7.08. The summed E-state index contributed by atoms with van der Waals surface area (Å²) in [5.74, 6) is 0. The molecule has 0 saturated carbocycles. The van der Waals surface area contributed by atoms with Crippen molar-refractivity contribution in [2.75, 3.05) is 0 Å². The van der Waals surface area contributed by atoms with Crippen LogP contribution in [-0.4, -0.2) is 0 Å². The first kappa shape index (κ1) is 31.0. The fraction of sp³-hybridized carbons (Fsp3) is 0.250. The molecule has 4 rings (SSSR count). The van der Waals surface area contributed by atoms with E-state index in [1.807, 2.05) is 0 Å². The number of benzene rings is 4. The molecule has 0 amide bonds. The number of nitrogens with one attached hydrogen (secondary N) is 1. The lowest BCUT2D eigenvalue weighted by molar-refractivity contribution is 1.09. The lowest BCUT2D eigenvalue weighted by atomic mass is 10.2. The van der Waals surface area contributed by atoms with E-state index in [4.69, 9.17) is 50.5 Å². The number of hydrogen-bond donors (Lipinski definition) is 5. The predicted molar refractivity (Wildman–Crippen MR) is 188 cm³/mol. The molecule has 4 aromatic rings. The third-order valence-corrected chi connectivity index (χ3v) is 14.0. The van der Waals surface area contributed by atoms with E-state index in [1.54, 1.807) is 0 Å². The molecule has 1 N–H and O–H groups in total. The van der Waals surface area contributed by atoms with Crippen LogP contribution < -0.4 is 26.1 Å². The van der Waals surface area contributed by atoms with Crippen molar-refractivity contribution >= 4 is 87.9 Å². The fourth-order valence-electron chi connectivity index (χ4n) is 5.11. The van der Waals surface area contributed by atoms with Crippen LogP contribution in [0.15, 0.2) is 92.4 Å². The van der Waals surface area contributed by atoms with Crippen LogP contribution >= 0.6 is 66.7 Å². The van der Waals surface area contributed by atoms with Gasteiger partial charge in [-0.3, -0.25) is 4.86 Å². The Hall–Kier alpha value is -0.900. The molecule has 0 unspecified atom stereocenters. The molecule has 0 atom stereocenters. The normalized spacial score (nSPS) is 11.5. The summed E-state index contributed by atoms with van der Waals surface area (Å²) < 4.78 is 0. The van der Waals surface area contributed by atoms with Gasteiger partial charge in [0.1, 0.15) is 0 Å². The van der Waals surface area contributed by atoms with Gasteiger partial charge in [0.15, 0.2) is 0 Å². The number of thiol groups is 4. The van der Waals surface area contributed by atoms with Crippen LogP contribution in [0.4, 0.5) is 0 Å². The second-order valence-electron chi connectivity index (χ2n) is 9.28. The highest BCUT2D eigenvalue weighted by Crippen LogP contribution is 2.46. The molecule has 1 nitrogen and oxygen atoms in total. The smallest absolute Gasteiger partial charge is 0.0301 e. The van der Waals surface area contributed by atoms with E-state index in [1.165, 1.54) is 43.5 Å². The monoisotopic (exact) mass is 625 g/mol. The third kappa shape index (κ3) is 6.62. The first-order valence-electron chi connectivity index (χ1n) is 13.5. The van der Waals surface area contributed by atoms with Crippen molar-refractivity contribution in [3.05, 3.63) is 95.1 Å². The Morgan fingerprint density at radius 3 is 0.872 bits per heavy atom. The van der Waals surface area contributed by atoms with Gasteiger partial charge in [-0.05, 0) is 93.4 Å². The van der Waals surface area contributed by atoms with E-state index >= 15 is 0 Å². The second-order valence-corrected chi connectivity index (χ2v) is 15.3. The summed E-state index contributed by atoms with van der Waals surface area (Å²) in [6.45, 7) is 8.90. The molecule has 0 aliphatic rings. The van der Waals surface area contributed by atoms with E-state index in [2.05, 4.69) is 105 Å². The fourth-order valence-corrected chi connectivity index (χ4v) is 13.1. The van der Waals surface area contributed by atoms with Crippen LogP contribution in [0, 0.1) is 0 Å². The van der Waals surface area contributed by atoms with Crippen molar-refractivity contribution in [3.8, 4) is 0 Å². The quantitative estimate of drug-likeness (QED) is 0.0887. The summed E-state index contributed by atoms with van der Waals surface area (Å²) >= 11 is 19.6. The first-order valence-corrected chi connectivity index (χ1v) is 17.9. The highest BCUT2D eigenvalue weighted by atomic mass is 32.1. The van der Waals surface area contributed by atoms with Crippen molar-refractivity contribution < 1.29 is 0 Å². The number of hydrogen-bond acceptors (Lipinski definition) is 5. The van der Waals surface area contributed by atoms with E-state index in [-0.39, 0.29) is 0 Å². The Balaban J connectivity index is 2.04. The van der Waals surface area contributed by atoms with E-state index < -0.39 is 16.1 Å². The summed E-state index contributed by atoms with van der Waals surface area (Å²) in [4.78, 5) is 8.51. The molecule has 0 saturated heterocycles. The van der Waals surface area contributed by atoms with Gasteiger partial charge in [0, 0.05) is 35.7 Å². The lowest BCUT2D eigenvalue weighted by Crippen LogP contribution is -2.32. The first-order chi connectivity index (χ1) is 18.9. The number of rotatable bonds is 10. The maximum absolute atomic E-state index is 4.90. The highest BCUT2D eigenvalue weighted by molar-refractivity contribution is 7.86. The van der Waals surface area contributed by atoms with E-state index in [0.29, 0.717) is 0 Å². The SMILES string of the molecule is CCc1c(S)cccc1P(NP(c1cccc(S)c1CC)c1cccc(S)c1CC)c1cccc(S)c1CC. The zero-order valence-electron chi connectivity index (χ0n) is 22.9. The molecule has 0 bridgehead atoms. The Morgan fingerprint density at radius 1 is 0.436 bits per heavy atom. The Morgan fingerprint density at radius 2 is 0.667 bits per heavy atom. The van der Waals surface area contributed by atoms with Gasteiger partial charge >= 0.3 is 0 Å². The molecule has 0 fully saturated rings. The molecule has 0 aromatic heterocycles. The van der Waals surface area contributed by atoms with Gasteiger partial charge in [-0.2, -0.15) is 0 Å². The molecule has 0 aliphatic carbocycles. The Bertz CT molecular complexity index is 1240. The van der Waals surface area contributed by atoms with Gasteiger partial charge in [0.25, 0.3) is 0 Å². The maximum atomic E-state index is 4.90. The zero-order chi connectivity index (χ0) is 28.1. The topological polar surface area (TPSA) is 12.0 Å². The maximum Gasteiger partial charge on any atom is 0.0301 e. The molecule has 4 aromatic carbocycles. The predicted octanol–water partition coefficient (Wildman–Crippen LogP) is 8.08. The second kappa shape index (κ2) is 14.3. The van der Waals surface area contributed by atoms with Crippen molar-refractivity contribution in [2.24, 2.45) is 0 Å². The van der Waals surface area contributed by atoms with Crippen molar-refractivity contribution in [1.29, 1.82) is 0 Å².